The van der Waals surface area contributed by atoms with Crippen molar-refractivity contribution in [3.8, 4) is 0 Å². The normalized spacial score (nSPS) is 38.0. The Morgan fingerprint density at radius 3 is 2.25 bits per heavy atom. The van der Waals surface area contributed by atoms with Crippen LogP contribution in [0, 0.1) is 17.3 Å². The quantitative estimate of drug-likeness (QED) is 0.578. The lowest BCUT2D eigenvalue weighted by Gasteiger charge is -2.22. The molecule has 0 saturated heterocycles. The van der Waals surface area contributed by atoms with Gasteiger partial charge in [0, 0.05) is 0 Å². The summed E-state index contributed by atoms with van der Waals surface area (Å²) in [5.74, 6) is -1.76. The summed E-state index contributed by atoms with van der Waals surface area (Å²) >= 11 is 0. The molecule has 0 aliphatic heterocycles. The summed E-state index contributed by atoms with van der Waals surface area (Å²) in [6, 6.07) is 0. The number of halogens is 4. The van der Waals surface area contributed by atoms with Gasteiger partial charge in [-0.05, 0) is 17.8 Å². The number of hydrogen-bond acceptors (Lipinski definition) is 0. The molecule has 0 radical (unpaired) electrons. The second kappa shape index (κ2) is 2.60. The summed E-state index contributed by atoms with van der Waals surface area (Å²) in [6.45, 7) is 2.02. The molecule has 0 aromatic heterocycles. The van der Waals surface area contributed by atoms with E-state index in [0.717, 1.165) is 6.92 Å². The molecule has 12 heavy (non-hydrogen) atoms. The molecule has 1 fully saturated rings. The van der Waals surface area contributed by atoms with Gasteiger partial charge in [0.05, 0.1) is 12.6 Å². The Kier molecular flexibility index (Phi) is 2.13. The fourth-order valence-corrected chi connectivity index (χ4v) is 1.61. The van der Waals surface area contributed by atoms with Gasteiger partial charge < -0.3 is 0 Å². The predicted octanol–water partition coefficient (Wildman–Crippen LogP) is 3.18. The van der Waals surface area contributed by atoms with Crippen LogP contribution in [-0.4, -0.2) is 12.9 Å². The highest BCUT2D eigenvalue weighted by molar-refractivity contribution is 5.03. The van der Waals surface area contributed by atoms with Crippen LogP contribution in [0.15, 0.2) is 0 Å². The van der Waals surface area contributed by atoms with Gasteiger partial charge in [-0.3, -0.25) is 4.39 Å². The van der Waals surface area contributed by atoms with Gasteiger partial charge in [-0.15, -0.1) is 0 Å². The maximum Gasteiger partial charge on any atom is 0.392 e. The summed E-state index contributed by atoms with van der Waals surface area (Å²) in [5.41, 5.74) is -0.840. The Morgan fingerprint density at radius 1 is 1.50 bits per heavy atom. The first-order chi connectivity index (χ1) is 5.32. The van der Waals surface area contributed by atoms with Gasteiger partial charge in [-0.2, -0.15) is 13.2 Å². The highest BCUT2D eigenvalue weighted by atomic mass is 19.4. The Morgan fingerprint density at radius 2 is 2.00 bits per heavy atom. The lowest BCUT2D eigenvalue weighted by molar-refractivity contribution is -0.187. The lowest BCUT2D eigenvalue weighted by Crippen LogP contribution is -2.28. The van der Waals surface area contributed by atoms with E-state index < -0.39 is 24.2 Å². The molecule has 1 aliphatic rings. The van der Waals surface area contributed by atoms with Gasteiger partial charge in [-0.25, -0.2) is 0 Å². The van der Waals surface area contributed by atoms with Crippen LogP contribution in [0.5, 0.6) is 0 Å². The van der Waals surface area contributed by atoms with E-state index in [1.165, 1.54) is 6.92 Å². The van der Waals surface area contributed by atoms with Crippen molar-refractivity contribution in [2.45, 2.75) is 26.4 Å². The number of alkyl halides is 4. The molecule has 1 aliphatic carbocycles. The van der Waals surface area contributed by atoms with Crippen LogP contribution >= 0.6 is 0 Å². The molecule has 0 amide bonds. The third-order valence-electron chi connectivity index (χ3n) is 3.13. The van der Waals surface area contributed by atoms with Crippen LogP contribution in [0.4, 0.5) is 17.6 Å². The highest BCUT2D eigenvalue weighted by Gasteiger charge is 2.61. The van der Waals surface area contributed by atoms with E-state index in [1.807, 2.05) is 0 Å². The van der Waals surface area contributed by atoms with E-state index in [-0.39, 0.29) is 5.92 Å². The third-order valence-corrected chi connectivity index (χ3v) is 3.13. The molecule has 1 rings (SSSR count). The summed E-state index contributed by atoms with van der Waals surface area (Å²) < 4.78 is 48.6. The zero-order valence-electron chi connectivity index (χ0n) is 7.08. The molecule has 0 aromatic rings. The van der Waals surface area contributed by atoms with Gasteiger partial charge in [0.2, 0.25) is 0 Å². The van der Waals surface area contributed by atoms with E-state index in [1.54, 1.807) is 0 Å². The van der Waals surface area contributed by atoms with Crippen molar-refractivity contribution in [2.24, 2.45) is 17.3 Å². The Labute approximate surface area is 69.0 Å². The average molecular weight is 184 g/mol. The molecule has 0 nitrogen and oxygen atoms in total. The molecule has 3 atom stereocenters. The standard InChI is InChI=1S/C8H12F4/c1-5(8(10,11)12)7(2)3-6(7)4-9/h5-6H,3-4H2,1-2H3. The molecule has 3 unspecified atom stereocenters. The van der Waals surface area contributed by atoms with Crippen molar-refractivity contribution in [3.05, 3.63) is 0 Å². The molecular formula is C8H12F4. The van der Waals surface area contributed by atoms with Gasteiger partial charge in [0.15, 0.2) is 0 Å². The fraction of sp³-hybridized carbons (Fsp3) is 1.00. The summed E-state index contributed by atoms with van der Waals surface area (Å²) in [5, 5.41) is 0. The topological polar surface area (TPSA) is 0 Å². The lowest BCUT2D eigenvalue weighted by atomic mass is 9.90. The van der Waals surface area contributed by atoms with Crippen molar-refractivity contribution in [3.63, 3.8) is 0 Å². The molecule has 72 valence electrons. The minimum absolute atomic E-state index is 0.365. The van der Waals surface area contributed by atoms with Gasteiger partial charge in [0.25, 0.3) is 0 Å². The van der Waals surface area contributed by atoms with Crippen LogP contribution in [0.3, 0.4) is 0 Å². The summed E-state index contributed by atoms with van der Waals surface area (Å²) in [6.07, 6.45) is -3.82. The zero-order chi connectivity index (χ0) is 9.57. The van der Waals surface area contributed by atoms with Gasteiger partial charge in [0.1, 0.15) is 0 Å². The molecule has 0 bridgehead atoms. The first kappa shape index (κ1) is 9.81. The Balaban J connectivity index is 2.61. The summed E-state index contributed by atoms with van der Waals surface area (Å²) in [4.78, 5) is 0. The minimum Gasteiger partial charge on any atom is -0.251 e. The van der Waals surface area contributed by atoms with Crippen molar-refractivity contribution in [1.82, 2.24) is 0 Å². The first-order valence-electron chi connectivity index (χ1n) is 3.95. The fourth-order valence-electron chi connectivity index (χ4n) is 1.61. The van der Waals surface area contributed by atoms with Crippen LogP contribution in [-0.2, 0) is 0 Å². The van der Waals surface area contributed by atoms with E-state index in [0.29, 0.717) is 6.42 Å². The van der Waals surface area contributed by atoms with Crippen LogP contribution in [0.1, 0.15) is 20.3 Å². The zero-order valence-corrected chi connectivity index (χ0v) is 7.08. The van der Waals surface area contributed by atoms with Crippen molar-refractivity contribution in [2.75, 3.05) is 6.67 Å². The molecular weight excluding hydrogens is 172 g/mol. The SMILES string of the molecule is CC(C(F)(F)F)C1(C)CC1CF. The van der Waals surface area contributed by atoms with E-state index >= 15 is 0 Å². The Hall–Kier alpha value is -0.280. The maximum atomic E-state index is 12.2. The van der Waals surface area contributed by atoms with Crippen LogP contribution in [0.2, 0.25) is 0 Å². The minimum atomic E-state index is -4.18. The van der Waals surface area contributed by atoms with Gasteiger partial charge in [-0.1, -0.05) is 13.8 Å². The van der Waals surface area contributed by atoms with E-state index in [4.69, 9.17) is 0 Å². The van der Waals surface area contributed by atoms with Crippen LogP contribution < -0.4 is 0 Å². The van der Waals surface area contributed by atoms with Crippen molar-refractivity contribution in [1.29, 1.82) is 0 Å². The van der Waals surface area contributed by atoms with Crippen molar-refractivity contribution < 1.29 is 17.6 Å². The first-order valence-corrected chi connectivity index (χ1v) is 3.95. The van der Waals surface area contributed by atoms with E-state index in [9.17, 15) is 17.6 Å². The molecule has 1 saturated carbocycles. The smallest absolute Gasteiger partial charge is 0.251 e. The number of rotatable bonds is 2. The van der Waals surface area contributed by atoms with E-state index in [2.05, 4.69) is 0 Å². The Bertz CT molecular complexity index is 174. The monoisotopic (exact) mass is 184 g/mol. The summed E-state index contributed by atoms with van der Waals surface area (Å²) in [7, 11) is 0. The average Bonchev–Trinajstić information content (AvgIpc) is 2.60. The molecule has 4 heteroatoms. The third kappa shape index (κ3) is 1.43. The second-order valence-corrected chi connectivity index (χ2v) is 3.82. The van der Waals surface area contributed by atoms with Crippen molar-refractivity contribution >= 4 is 0 Å². The second-order valence-electron chi connectivity index (χ2n) is 3.82. The number of hydrogen-bond donors (Lipinski definition) is 0. The van der Waals surface area contributed by atoms with Gasteiger partial charge >= 0.3 is 6.18 Å². The maximum absolute atomic E-state index is 12.2. The highest BCUT2D eigenvalue weighted by Crippen LogP contribution is 2.61. The van der Waals surface area contributed by atoms with Crippen LogP contribution in [0.25, 0.3) is 0 Å². The predicted molar refractivity (Wildman–Crippen MR) is 37.4 cm³/mol. The molecule has 0 spiro atoms. The largest absolute Gasteiger partial charge is 0.392 e. The molecule has 0 heterocycles. The molecule has 0 N–H and O–H groups in total. The molecule has 0 aromatic carbocycles.